The van der Waals surface area contributed by atoms with E-state index in [9.17, 15) is 9.90 Å². The molecule has 0 fully saturated rings. The zero-order valence-corrected chi connectivity index (χ0v) is 13.0. The number of hydrogen-bond acceptors (Lipinski definition) is 3. The van der Waals surface area contributed by atoms with E-state index in [1.807, 2.05) is 43.3 Å². The molecule has 1 aromatic heterocycles. The molecule has 1 N–H and O–H groups in total. The summed E-state index contributed by atoms with van der Waals surface area (Å²) in [6.07, 6.45) is 0. The van der Waals surface area contributed by atoms with Gasteiger partial charge in [0.2, 0.25) is 0 Å². The lowest BCUT2D eigenvalue weighted by Gasteiger charge is -2.22. The Kier molecular flexibility index (Phi) is 2.44. The van der Waals surface area contributed by atoms with Crippen LogP contribution in [0.1, 0.15) is 21.5 Å². The number of pyridine rings is 1. The minimum absolute atomic E-state index is 0.0112. The standard InChI is InChI=1S/C21H13NO2/c1-11-6-7-15-14(10-11)18-12-4-2-3-5-13(12)21(24)20-17(23)9-8-16(22-15)19(18)20/h2-10,23H,1H3. The fourth-order valence-electron chi connectivity index (χ4n) is 3.68. The summed E-state index contributed by atoms with van der Waals surface area (Å²) in [5, 5.41) is 12.1. The Balaban J connectivity index is 2.14. The molecular weight excluding hydrogens is 298 g/mol. The molecule has 0 spiro atoms. The van der Waals surface area contributed by atoms with E-state index < -0.39 is 0 Å². The molecule has 0 atom stereocenters. The zero-order chi connectivity index (χ0) is 16.4. The quantitative estimate of drug-likeness (QED) is 0.425. The smallest absolute Gasteiger partial charge is 0.198 e. The maximum Gasteiger partial charge on any atom is 0.198 e. The van der Waals surface area contributed by atoms with Crippen LogP contribution in [0.5, 0.6) is 5.75 Å². The number of ketones is 1. The number of rotatable bonds is 0. The summed E-state index contributed by atoms with van der Waals surface area (Å²) in [5.41, 5.74) is 5.64. The van der Waals surface area contributed by atoms with E-state index in [0.717, 1.165) is 38.5 Å². The number of phenols is 1. The largest absolute Gasteiger partial charge is 0.507 e. The van der Waals surface area contributed by atoms with Crippen LogP contribution in [-0.2, 0) is 0 Å². The number of aryl methyl sites for hydroxylation is 1. The molecule has 0 radical (unpaired) electrons. The maximum absolute atomic E-state index is 12.9. The molecule has 0 bridgehead atoms. The molecule has 114 valence electrons. The second-order valence-corrected chi connectivity index (χ2v) is 6.24. The van der Waals surface area contributed by atoms with Crippen LogP contribution in [0.2, 0.25) is 0 Å². The number of aromatic nitrogens is 1. The monoisotopic (exact) mass is 311 g/mol. The molecule has 5 rings (SSSR count). The van der Waals surface area contributed by atoms with Gasteiger partial charge in [-0.05, 0) is 36.8 Å². The molecule has 3 nitrogen and oxygen atoms in total. The Morgan fingerprint density at radius 1 is 0.875 bits per heavy atom. The van der Waals surface area contributed by atoms with Crippen LogP contribution in [0.4, 0.5) is 0 Å². The lowest BCUT2D eigenvalue weighted by molar-refractivity contribution is 0.103. The summed E-state index contributed by atoms with van der Waals surface area (Å²) in [5.74, 6) is -0.132. The van der Waals surface area contributed by atoms with Gasteiger partial charge >= 0.3 is 0 Å². The topological polar surface area (TPSA) is 50.2 Å². The van der Waals surface area contributed by atoms with Gasteiger partial charge in [0.05, 0.1) is 16.6 Å². The van der Waals surface area contributed by atoms with Crippen molar-refractivity contribution in [2.24, 2.45) is 0 Å². The number of hydrogen-bond donors (Lipinski definition) is 1. The van der Waals surface area contributed by atoms with Gasteiger partial charge in [0.1, 0.15) is 5.75 Å². The minimum Gasteiger partial charge on any atom is -0.507 e. The number of nitrogens with zero attached hydrogens (tertiary/aromatic N) is 1. The third kappa shape index (κ3) is 1.56. The highest BCUT2D eigenvalue weighted by Crippen LogP contribution is 2.45. The first-order valence-corrected chi connectivity index (χ1v) is 7.85. The van der Waals surface area contributed by atoms with E-state index in [2.05, 4.69) is 6.07 Å². The number of fused-ring (bicyclic) bond motifs is 4. The van der Waals surface area contributed by atoms with Crippen molar-refractivity contribution < 1.29 is 9.90 Å². The molecule has 3 aromatic carbocycles. The fraction of sp³-hybridized carbons (Fsp3) is 0.0476. The minimum atomic E-state index is -0.144. The van der Waals surface area contributed by atoms with Crippen molar-refractivity contribution in [1.82, 2.24) is 4.98 Å². The molecule has 0 aliphatic heterocycles. The van der Waals surface area contributed by atoms with Crippen molar-refractivity contribution in [3.63, 3.8) is 0 Å². The number of benzene rings is 3. The third-order valence-electron chi connectivity index (χ3n) is 4.74. The first kappa shape index (κ1) is 13.3. The molecule has 0 saturated heterocycles. The molecule has 1 aliphatic rings. The Bertz CT molecular complexity index is 1190. The average Bonchev–Trinajstić information content (AvgIpc) is 2.59. The summed E-state index contributed by atoms with van der Waals surface area (Å²) in [6, 6.07) is 17.1. The van der Waals surface area contributed by atoms with Crippen LogP contribution in [0.15, 0.2) is 54.6 Å². The first-order chi connectivity index (χ1) is 11.6. The highest BCUT2D eigenvalue weighted by Gasteiger charge is 2.29. The molecular formula is C21H13NO2. The van der Waals surface area contributed by atoms with Crippen LogP contribution in [0, 0.1) is 6.92 Å². The summed E-state index contributed by atoms with van der Waals surface area (Å²) in [6.45, 7) is 2.04. The molecule has 24 heavy (non-hydrogen) atoms. The van der Waals surface area contributed by atoms with Gasteiger partial charge in [0.15, 0.2) is 5.78 Å². The van der Waals surface area contributed by atoms with Crippen molar-refractivity contribution in [2.75, 3.05) is 0 Å². The fourth-order valence-corrected chi connectivity index (χ4v) is 3.68. The Hall–Kier alpha value is -3.20. The zero-order valence-electron chi connectivity index (χ0n) is 13.0. The van der Waals surface area contributed by atoms with Gasteiger partial charge in [-0.25, -0.2) is 4.98 Å². The normalized spacial score (nSPS) is 12.6. The van der Waals surface area contributed by atoms with Crippen LogP contribution in [-0.4, -0.2) is 15.9 Å². The highest BCUT2D eigenvalue weighted by molar-refractivity contribution is 6.30. The summed E-state index contributed by atoms with van der Waals surface area (Å²) in [4.78, 5) is 17.6. The maximum atomic E-state index is 12.9. The van der Waals surface area contributed by atoms with Gasteiger partial charge in [0.25, 0.3) is 0 Å². The predicted octanol–water partition coefficient (Wildman–Crippen LogP) is 4.61. The molecule has 1 heterocycles. The number of aromatic hydroxyl groups is 1. The van der Waals surface area contributed by atoms with Gasteiger partial charge in [0, 0.05) is 21.9 Å². The summed E-state index contributed by atoms with van der Waals surface area (Å²) < 4.78 is 0. The Morgan fingerprint density at radius 3 is 2.46 bits per heavy atom. The van der Waals surface area contributed by atoms with Crippen molar-refractivity contribution in [3.05, 3.63) is 71.3 Å². The molecule has 3 heteroatoms. The Morgan fingerprint density at radius 2 is 1.62 bits per heavy atom. The Labute approximate surface area is 138 Å². The lowest BCUT2D eigenvalue weighted by atomic mass is 9.82. The van der Waals surface area contributed by atoms with Gasteiger partial charge in [-0.2, -0.15) is 0 Å². The number of carbonyl (C=O) groups excluding carboxylic acids is 1. The van der Waals surface area contributed by atoms with E-state index in [4.69, 9.17) is 4.98 Å². The predicted molar refractivity (Wildman–Crippen MR) is 94.5 cm³/mol. The molecule has 0 amide bonds. The highest BCUT2D eigenvalue weighted by atomic mass is 16.3. The van der Waals surface area contributed by atoms with Crippen molar-refractivity contribution in [1.29, 1.82) is 0 Å². The first-order valence-electron chi connectivity index (χ1n) is 7.85. The van der Waals surface area contributed by atoms with Crippen molar-refractivity contribution in [3.8, 4) is 16.9 Å². The average molecular weight is 311 g/mol. The van der Waals surface area contributed by atoms with Crippen LogP contribution >= 0.6 is 0 Å². The lowest BCUT2D eigenvalue weighted by Crippen LogP contribution is -2.11. The van der Waals surface area contributed by atoms with E-state index >= 15 is 0 Å². The number of phenolic OH excluding ortho intramolecular Hbond substituents is 1. The second-order valence-electron chi connectivity index (χ2n) is 6.24. The van der Waals surface area contributed by atoms with Crippen molar-refractivity contribution >= 4 is 27.6 Å². The van der Waals surface area contributed by atoms with Gasteiger partial charge < -0.3 is 5.11 Å². The molecule has 4 aromatic rings. The molecule has 0 unspecified atom stereocenters. The van der Waals surface area contributed by atoms with Crippen LogP contribution < -0.4 is 0 Å². The van der Waals surface area contributed by atoms with Crippen molar-refractivity contribution in [2.45, 2.75) is 6.92 Å². The van der Waals surface area contributed by atoms with E-state index in [0.29, 0.717) is 11.1 Å². The van der Waals surface area contributed by atoms with E-state index in [1.165, 1.54) is 0 Å². The molecule has 0 saturated carbocycles. The van der Waals surface area contributed by atoms with E-state index in [-0.39, 0.29) is 11.5 Å². The molecule has 1 aliphatic carbocycles. The van der Waals surface area contributed by atoms with Crippen LogP contribution in [0.3, 0.4) is 0 Å². The third-order valence-corrected chi connectivity index (χ3v) is 4.74. The summed E-state index contributed by atoms with van der Waals surface area (Å²) >= 11 is 0. The van der Waals surface area contributed by atoms with Crippen LogP contribution in [0.25, 0.3) is 32.9 Å². The van der Waals surface area contributed by atoms with Gasteiger partial charge in [-0.3, -0.25) is 4.79 Å². The number of carbonyl (C=O) groups is 1. The van der Waals surface area contributed by atoms with E-state index in [1.54, 1.807) is 12.1 Å². The SMILES string of the molecule is Cc1ccc2nc3ccc(O)c4c3c(c2c1)-c1ccccc1C4=O. The second kappa shape index (κ2) is 4.42. The van der Waals surface area contributed by atoms with Gasteiger partial charge in [-0.1, -0.05) is 35.9 Å². The van der Waals surface area contributed by atoms with Gasteiger partial charge in [-0.15, -0.1) is 0 Å². The summed E-state index contributed by atoms with van der Waals surface area (Å²) in [7, 11) is 0.